The lowest BCUT2D eigenvalue weighted by atomic mass is 9.77. The van der Waals surface area contributed by atoms with Gasteiger partial charge in [0.1, 0.15) is 54.4 Å². The van der Waals surface area contributed by atoms with Gasteiger partial charge >= 0.3 is 11.9 Å². The summed E-state index contributed by atoms with van der Waals surface area (Å²) in [6, 6.07) is -4.38. The van der Waals surface area contributed by atoms with E-state index < -0.39 is 135 Å². The number of rotatable bonds is 13. The lowest BCUT2D eigenvalue weighted by Crippen LogP contribution is -2.73. The van der Waals surface area contributed by atoms with E-state index in [2.05, 4.69) is 6.58 Å². The molecule has 3 aliphatic heterocycles. The van der Waals surface area contributed by atoms with Gasteiger partial charge in [-0.2, -0.15) is 0 Å². The van der Waals surface area contributed by atoms with Crippen LogP contribution in [0.5, 0.6) is 0 Å². The summed E-state index contributed by atoms with van der Waals surface area (Å²) in [5.41, 5.74) is 15.7. The van der Waals surface area contributed by atoms with Gasteiger partial charge in [-0.15, -0.1) is 0 Å². The van der Waals surface area contributed by atoms with Gasteiger partial charge in [0.2, 0.25) is 6.29 Å². The van der Waals surface area contributed by atoms with Crippen LogP contribution in [0.15, 0.2) is 12.7 Å². The van der Waals surface area contributed by atoms with E-state index in [1.54, 1.807) is 6.92 Å². The highest BCUT2D eigenvalue weighted by Gasteiger charge is 2.60. The summed E-state index contributed by atoms with van der Waals surface area (Å²) >= 11 is 0. The zero-order valence-corrected chi connectivity index (χ0v) is 25.8. The first kappa shape index (κ1) is 39.5. The summed E-state index contributed by atoms with van der Waals surface area (Å²) in [4.78, 5) is 24.7. The third-order valence-corrected chi connectivity index (χ3v) is 8.60. The Morgan fingerprint density at radius 1 is 0.851 bits per heavy atom. The van der Waals surface area contributed by atoms with Crippen molar-refractivity contribution in [2.45, 2.75) is 118 Å². The molecule has 3 rings (SSSR count). The van der Waals surface area contributed by atoms with Crippen LogP contribution in [0.3, 0.4) is 0 Å². The summed E-state index contributed by atoms with van der Waals surface area (Å²) in [6.45, 7) is 3.37. The van der Waals surface area contributed by atoms with E-state index in [-0.39, 0.29) is 6.42 Å². The Hall–Kier alpha value is -1.96. The van der Waals surface area contributed by atoms with Crippen molar-refractivity contribution >= 4 is 11.9 Å². The van der Waals surface area contributed by atoms with Crippen molar-refractivity contribution < 1.29 is 83.6 Å². The molecule has 3 fully saturated rings. The van der Waals surface area contributed by atoms with Gasteiger partial charge < -0.3 is 91.2 Å². The first-order valence-electron chi connectivity index (χ1n) is 14.9. The first-order valence-corrected chi connectivity index (χ1v) is 14.9. The zero-order valence-electron chi connectivity index (χ0n) is 25.8. The fraction of sp³-hybridized carbons (Fsp3) is 0.852. The number of hydrogen-bond acceptors (Lipinski definition) is 20. The van der Waals surface area contributed by atoms with E-state index in [9.17, 15) is 50.4 Å². The van der Waals surface area contributed by atoms with Gasteiger partial charge in [-0.1, -0.05) is 13.5 Å². The quantitative estimate of drug-likeness (QED) is 0.0487. The minimum absolute atomic E-state index is 0.0298. The lowest BCUT2D eigenvalue weighted by Gasteiger charge is -2.52. The summed E-state index contributed by atoms with van der Waals surface area (Å²) in [5, 5.41) is 83.5. The second-order valence-corrected chi connectivity index (χ2v) is 11.6. The zero-order chi connectivity index (χ0) is 35.4. The van der Waals surface area contributed by atoms with Crippen molar-refractivity contribution in [2.24, 2.45) is 23.1 Å². The van der Waals surface area contributed by atoms with Crippen LogP contribution in [0.25, 0.3) is 0 Å². The summed E-state index contributed by atoms with van der Waals surface area (Å²) < 4.78 is 38.4. The molecule has 272 valence electrons. The molecular weight excluding hydrogens is 638 g/mol. The Morgan fingerprint density at radius 3 is 1.91 bits per heavy atom. The SMILES string of the molecule is C=CC(=O)OC(CC)OC(=O)C(C)[C@]1(CO)O[C@H](OC2[C@@H](CO)O[C@@H](OC3[C@@H](CO)O[C@@H](O)[C@H](N)[C@H]3O)[C@H](N)[C@H]2O)[C@H](N)[C@@H](O)[C@@H]1O. The van der Waals surface area contributed by atoms with Crippen molar-refractivity contribution in [3.63, 3.8) is 0 Å². The predicted molar refractivity (Wildman–Crippen MR) is 152 cm³/mol. The topological polar surface area (TPSA) is 339 Å². The Labute approximate surface area is 269 Å². The lowest BCUT2D eigenvalue weighted by molar-refractivity contribution is -0.365. The first-order chi connectivity index (χ1) is 22.1. The summed E-state index contributed by atoms with van der Waals surface area (Å²) in [6.07, 6.45) is -18.3. The van der Waals surface area contributed by atoms with Gasteiger partial charge in [0.15, 0.2) is 18.9 Å². The Bertz CT molecular complexity index is 1060. The van der Waals surface area contributed by atoms with Crippen LogP contribution in [0.2, 0.25) is 0 Å². The molecule has 0 aromatic heterocycles. The van der Waals surface area contributed by atoms with Crippen molar-refractivity contribution in [1.29, 1.82) is 0 Å². The number of ether oxygens (including phenoxy) is 7. The average molecular weight is 686 g/mol. The van der Waals surface area contributed by atoms with Crippen LogP contribution in [0.1, 0.15) is 20.3 Å². The second kappa shape index (κ2) is 16.6. The van der Waals surface area contributed by atoms with Crippen LogP contribution in [0.4, 0.5) is 0 Å². The maximum Gasteiger partial charge on any atom is 0.333 e. The van der Waals surface area contributed by atoms with E-state index in [1.165, 1.54) is 6.92 Å². The summed E-state index contributed by atoms with van der Waals surface area (Å²) in [5.74, 6) is -3.54. The van der Waals surface area contributed by atoms with Gasteiger partial charge in [-0.25, -0.2) is 4.79 Å². The molecule has 47 heavy (non-hydrogen) atoms. The van der Waals surface area contributed by atoms with E-state index in [0.29, 0.717) is 0 Å². The fourth-order valence-corrected chi connectivity index (χ4v) is 5.53. The van der Waals surface area contributed by atoms with E-state index in [0.717, 1.165) is 6.08 Å². The van der Waals surface area contributed by atoms with Crippen molar-refractivity contribution in [1.82, 2.24) is 0 Å². The summed E-state index contributed by atoms with van der Waals surface area (Å²) in [7, 11) is 0. The van der Waals surface area contributed by atoms with Gasteiger partial charge in [0.05, 0.1) is 43.9 Å². The normalized spacial score (nSPS) is 43.9. The van der Waals surface area contributed by atoms with Crippen LogP contribution in [0, 0.1) is 5.92 Å². The molecule has 0 aromatic carbocycles. The third kappa shape index (κ3) is 8.10. The second-order valence-electron chi connectivity index (χ2n) is 11.6. The van der Waals surface area contributed by atoms with Gasteiger partial charge in [-0.05, 0) is 6.92 Å². The van der Waals surface area contributed by atoms with Gasteiger partial charge in [0.25, 0.3) is 0 Å². The third-order valence-electron chi connectivity index (χ3n) is 8.60. The standard InChI is InChI=1S/C27H47N3O17/c1-4-12(34)43-13(5-2)44-23(39)9(3)27(8-33)22(38)19(37)16(30)26(47-27)46-21-11(7-32)42-25(15(29)18(21)36)45-20-10(6-31)41-24(40)14(28)17(20)35/h4,9-11,13-22,24-26,31-33,35-38,40H,1,5-8,28-30H2,2-3H3/t9?,10-,11-,13?,14-,15-,16-,17-,18-,19-,20?,21?,22+,24-,25+,26+,27+/m1/s1. The molecule has 0 aliphatic carbocycles. The molecule has 14 N–H and O–H groups in total. The van der Waals surface area contributed by atoms with Crippen molar-refractivity contribution in [3.05, 3.63) is 12.7 Å². The van der Waals surface area contributed by atoms with Crippen LogP contribution in [-0.4, -0.2) is 170 Å². The number of aliphatic hydroxyl groups is 8. The predicted octanol–water partition coefficient (Wildman–Crippen LogP) is -6.66. The van der Waals surface area contributed by atoms with Gasteiger partial charge in [-0.3, -0.25) is 4.79 Å². The smallest absolute Gasteiger partial charge is 0.333 e. The number of aliphatic hydroxyl groups excluding tert-OH is 8. The molecule has 0 bridgehead atoms. The van der Waals surface area contributed by atoms with Crippen molar-refractivity contribution in [3.8, 4) is 0 Å². The molecule has 17 atom stereocenters. The molecule has 0 saturated carbocycles. The highest BCUT2D eigenvalue weighted by Crippen LogP contribution is 2.38. The maximum absolute atomic E-state index is 13.1. The highest BCUT2D eigenvalue weighted by atomic mass is 16.7. The molecule has 3 aliphatic rings. The average Bonchev–Trinajstić information content (AvgIpc) is 3.06. The van der Waals surface area contributed by atoms with Crippen LogP contribution < -0.4 is 17.2 Å². The minimum Gasteiger partial charge on any atom is -0.425 e. The number of carbonyl (C=O) groups is 2. The molecular formula is C27H47N3O17. The minimum atomic E-state index is -2.32. The number of nitrogens with two attached hydrogens (primary N) is 3. The van der Waals surface area contributed by atoms with E-state index in [1.807, 2.05) is 0 Å². The Kier molecular flexibility index (Phi) is 14.0. The Morgan fingerprint density at radius 2 is 1.38 bits per heavy atom. The molecule has 20 heteroatoms. The molecule has 0 aromatic rings. The molecule has 3 heterocycles. The molecule has 20 nitrogen and oxygen atoms in total. The maximum atomic E-state index is 13.1. The fourth-order valence-electron chi connectivity index (χ4n) is 5.53. The largest absolute Gasteiger partial charge is 0.425 e. The van der Waals surface area contributed by atoms with Crippen LogP contribution >= 0.6 is 0 Å². The monoisotopic (exact) mass is 685 g/mol. The number of carbonyl (C=O) groups excluding carboxylic acids is 2. The molecule has 3 saturated heterocycles. The van der Waals surface area contributed by atoms with Crippen molar-refractivity contribution in [2.75, 3.05) is 19.8 Å². The van der Waals surface area contributed by atoms with Crippen LogP contribution in [-0.2, 0) is 42.7 Å². The van der Waals surface area contributed by atoms with Gasteiger partial charge in [0, 0.05) is 12.5 Å². The highest BCUT2D eigenvalue weighted by molar-refractivity contribution is 5.81. The van der Waals surface area contributed by atoms with E-state index >= 15 is 0 Å². The number of hydrogen-bond donors (Lipinski definition) is 11. The van der Waals surface area contributed by atoms with E-state index in [4.69, 9.17) is 50.4 Å². The number of esters is 2. The molecule has 0 amide bonds. The Balaban J connectivity index is 1.80. The molecule has 0 spiro atoms. The molecule has 4 unspecified atom stereocenters. The molecule has 0 radical (unpaired) electrons.